The number of nitrogens with zero attached hydrogens (tertiary/aromatic N) is 1. The Hall–Kier alpha value is -2.06. The van der Waals surface area contributed by atoms with Crippen molar-refractivity contribution in [2.45, 2.75) is 73.4 Å². The molecule has 4 aliphatic rings. The SMILES string of the molecule is O=C(NC1CCCCC1)C1N(CCCO)C(=O)[C@@H]2[C@@H](C(=O)Nc3ccccc3)[C@H]3CCC12S3. The fourth-order valence-corrected chi connectivity index (χ4v) is 8.73. The summed E-state index contributed by atoms with van der Waals surface area (Å²) in [5.41, 5.74) is 0.721. The van der Waals surface area contributed by atoms with Gasteiger partial charge in [-0.3, -0.25) is 14.4 Å². The van der Waals surface area contributed by atoms with Gasteiger partial charge in [-0.05, 0) is 44.2 Å². The molecule has 4 fully saturated rings. The van der Waals surface area contributed by atoms with E-state index in [9.17, 15) is 19.5 Å². The molecule has 1 spiro atoms. The van der Waals surface area contributed by atoms with Gasteiger partial charge in [-0.15, -0.1) is 11.8 Å². The second-order valence-corrected chi connectivity index (χ2v) is 11.5. The highest BCUT2D eigenvalue weighted by atomic mass is 32.2. The molecule has 0 aromatic heterocycles. The van der Waals surface area contributed by atoms with Crippen molar-refractivity contribution in [3.63, 3.8) is 0 Å². The van der Waals surface area contributed by atoms with E-state index in [0.717, 1.165) is 44.2 Å². The number of hydrogen-bond acceptors (Lipinski definition) is 5. The zero-order valence-corrected chi connectivity index (χ0v) is 19.7. The molecule has 2 unspecified atom stereocenters. The Kier molecular flexibility index (Phi) is 6.40. The Labute approximate surface area is 199 Å². The minimum Gasteiger partial charge on any atom is -0.396 e. The summed E-state index contributed by atoms with van der Waals surface area (Å²) in [7, 11) is 0. The first-order valence-electron chi connectivity index (χ1n) is 12.3. The number of likely N-dealkylation sites (tertiary alicyclic amines) is 1. The number of para-hydroxylation sites is 1. The van der Waals surface area contributed by atoms with Crippen LogP contribution in [0.3, 0.4) is 0 Å². The molecule has 5 rings (SSSR count). The molecule has 3 amide bonds. The van der Waals surface area contributed by atoms with Gasteiger partial charge in [0.25, 0.3) is 0 Å². The predicted molar refractivity (Wildman–Crippen MR) is 128 cm³/mol. The van der Waals surface area contributed by atoms with Crippen molar-refractivity contribution in [3.05, 3.63) is 30.3 Å². The van der Waals surface area contributed by atoms with E-state index in [-0.39, 0.29) is 35.6 Å². The largest absolute Gasteiger partial charge is 0.396 e. The number of carbonyl (C=O) groups excluding carboxylic acids is 3. The van der Waals surface area contributed by atoms with Crippen molar-refractivity contribution >= 4 is 35.2 Å². The lowest BCUT2D eigenvalue weighted by Crippen LogP contribution is -2.55. The molecule has 1 saturated carbocycles. The minimum absolute atomic E-state index is 0.0356. The normalized spacial score (nSPS) is 33.2. The van der Waals surface area contributed by atoms with E-state index in [1.54, 1.807) is 16.7 Å². The monoisotopic (exact) mass is 471 g/mol. The van der Waals surface area contributed by atoms with Gasteiger partial charge in [-0.1, -0.05) is 37.5 Å². The number of benzene rings is 1. The summed E-state index contributed by atoms with van der Waals surface area (Å²) < 4.78 is -0.561. The second-order valence-electron chi connectivity index (χ2n) is 9.86. The van der Waals surface area contributed by atoms with Gasteiger partial charge < -0.3 is 20.6 Å². The summed E-state index contributed by atoms with van der Waals surface area (Å²) in [6, 6.07) is 8.92. The minimum atomic E-state index is -0.576. The Morgan fingerprint density at radius 2 is 1.85 bits per heavy atom. The lowest BCUT2D eigenvalue weighted by Gasteiger charge is -2.35. The lowest BCUT2D eigenvalue weighted by molar-refractivity contribution is -0.139. The van der Waals surface area contributed by atoms with E-state index in [0.29, 0.717) is 13.0 Å². The lowest BCUT2D eigenvalue weighted by atomic mass is 9.70. The van der Waals surface area contributed by atoms with Crippen LogP contribution in [-0.2, 0) is 14.4 Å². The van der Waals surface area contributed by atoms with Gasteiger partial charge >= 0.3 is 0 Å². The van der Waals surface area contributed by atoms with Crippen LogP contribution >= 0.6 is 11.8 Å². The molecule has 1 aromatic rings. The standard InChI is InChI=1S/C25H33N3O4S/c29-15-7-14-28-21(23(31)27-17-10-5-2-6-11-17)25-13-12-18(33-25)19(20(25)24(28)32)22(30)26-16-8-3-1-4-9-16/h1,3-4,8-9,17-21,29H,2,5-7,10-15H2,(H,26,30)(H,27,31)/t18-,19+,20+,21?,25?/m1/s1. The van der Waals surface area contributed by atoms with Crippen molar-refractivity contribution in [2.75, 3.05) is 18.5 Å². The highest BCUT2D eigenvalue weighted by Gasteiger charge is 2.73. The van der Waals surface area contributed by atoms with Crippen molar-refractivity contribution < 1.29 is 19.5 Å². The highest BCUT2D eigenvalue weighted by Crippen LogP contribution is 2.66. The summed E-state index contributed by atoms with van der Waals surface area (Å²) in [4.78, 5) is 42.4. The summed E-state index contributed by atoms with van der Waals surface area (Å²) in [6.07, 6.45) is 7.45. The van der Waals surface area contributed by atoms with Gasteiger partial charge in [0.05, 0.1) is 16.6 Å². The van der Waals surface area contributed by atoms with Crippen molar-refractivity contribution in [1.82, 2.24) is 10.2 Å². The van der Waals surface area contributed by atoms with Crippen molar-refractivity contribution in [2.24, 2.45) is 11.8 Å². The molecule has 0 radical (unpaired) electrons. The number of hydrogen-bond donors (Lipinski definition) is 3. The van der Waals surface area contributed by atoms with E-state index in [1.165, 1.54) is 6.42 Å². The maximum absolute atomic E-state index is 13.7. The van der Waals surface area contributed by atoms with Crippen LogP contribution in [0.25, 0.3) is 0 Å². The first kappa shape index (κ1) is 22.7. The van der Waals surface area contributed by atoms with Gasteiger partial charge in [-0.25, -0.2) is 0 Å². The summed E-state index contributed by atoms with van der Waals surface area (Å²) >= 11 is 1.69. The van der Waals surface area contributed by atoms with Crippen molar-refractivity contribution in [3.8, 4) is 0 Å². The maximum atomic E-state index is 13.7. The van der Waals surface area contributed by atoms with Crippen LogP contribution in [-0.4, -0.2) is 63.0 Å². The van der Waals surface area contributed by atoms with Gasteiger partial charge in [0.1, 0.15) is 6.04 Å². The third-order valence-electron chi connectivity index (χ3n) is 7.90. The Bertz CT molecular complexity index is 906. The highest BCUT2D eigenvalue weighted by molar-refractivity contribution is 8.02. The molecule has 1 aliphatic carbocycles. The molecule has 5 atom stereocenters. The maximum Gasteiger partial charge on any atom is 0.244 e. The van der Waals surface area contributed by atoms with Gasteiger partial charge in [0, 0.05) is 30.1 Å². The number of thioether (sulfide) groups is 1. The van der Waals surface area contributed by atoms with Crippen LogP contribution in [0, 0.1) is 11.8 Å². The van der Waals surface area contributed by atoms with Gasteiger partial charge in [0.2, 0.25) is 17.7 Å². The molecule has 3 N–H and O–H groups in total. The Balaban J connectivity index is 1.42. The molecular formula is C25H33N3O4S. The number of aliphatic hydroxyl groups is 1. The molecular weight excluding hydrogens is 438 g/mol. The number of nitrogens with one attached hydrogen (secondary N) is 2. The summed E-state index contributed by atoms with van der Waals surface area (Å²) in [5, 5.41) is 15.7. The quantitative estimate of drug-likeness (QED) is 0.568. The number of amides is 3. The second kappa shape index (κ2) is 9.29. The number of aliphatic hydroxyl groups excluding tert-OH is 1. The number of anilines is 1. The third kappa shape index (κ3) is 3.95. The number of rotatable bonds is 7. The molecule has 33 heavy (non-hydrogen) atoms. The zero-order chi connectivity index (χ0) is 23.0. The first-order chi connectivity index (χ1) is 16.0. The molecule has 3 heterocycles. The summed E-state index contributed by atoms with van der Waals surface area (Å²) in [6.45, 7) is 0.306. The van der Waals surface area contributed by atoms with Gasteiger partial charge in [-0.2, -0.15) is 0 Å². The topological polar surface area (TPSA) is 98.7 Å². The molecule has 7 nitrogen and oxygen atoms in total. The molecule has 178 valence electrons. The zero-order valence-electron chi connectivity index (χ0n) is 18.9. The molecule has 3 aliphatic heterocycles. The molecule has 2 bridgehead atoms. The van der Waals surface area contributed by atoms with Gasteiger partial charge in [0.15, 0.2) is 0 Å². The van der Waals surface area contributed by atoms with E-state index < -0.39 is 22.6 Å². The number of carbonyl (C=O) groups is 3. The van der Waals surface area contributed by atoms with Crippen LogP contribution < -0.4 is 10.6 Å². The van der Waals surface area contributed by atoms with Crippen molar-refractivity contribution in [1.29, 1.82) is 0 Å². The Morgan fingerprint density at radius 1 is 1.09 bits per heavy atom. The fourth-order valence-electron chi connectivity index (χ4n) is 6.51. The third-order valence-corrected chi connectivity index (χ3v) is 9.85. The predicted octanol–water partition coefficient (Wildman–Crippen LogP) is 2.55. The molecule has 8 heteroatoms. The van der Waals surface area contributed by atoms with Crippen LogP contribution in [0.1, 0.15) is 51.4 Å². The number of fused-ring (bicyclic) bond motifs is 1. The van der Waals surface area contributed by atoms with Crippen LogP contribution in [0.2, 0.25) is 0 Å². The van der Waals surface area contributed by atoms with E-state index in [1.807, 2.05) is 30.3 Å². The summed E-state index contributed by atoms with van der Waals surface area (Å²) in [5.74, 6) is -1.25. The van der Waals surface area contributed by atoms with Crippen LogP contribution in [0.4, 0.5) is 5.69 Å². The Morgan fingerprint density at radius 3 is 2.58 bits per heavy atom. The van der Waals surface area contributed by atoms with Crippen LogP contribution in [0.5, 0.6) is 0 Å². The first-order valence-corrected chi connectivity index (χ1v) is 13.2. The fraction of sp³-hybridized carbons (Fsp3) is 0.640. The smallest absolute Gasteiger partial charge is 0.244 e. The molecule has 1 aromatic carbocycles. The van der Waals surface area contributed by atoms with E-state index in [4.69, 9.17) is 0 Å². The average Bonchev–Trinajstić information content (AvgIpc) is 3.46. The van der Waals surface area contributed by atoms with E-state index >= 15 is 0 Å². The van der Waals surface area contributed by atoms with E-state index in [2.05, 4.69) is 10.6 Å². The van der Waals surface area contributed by atoms with Crippen LogP contribution in [0.15, 0.2) is 30.3 Å². The molecule has 3 saturated heterocycles. The average molecular weight is 472 g/mol.